The molecule has 0 aliphatic carbocycles. The van der Waals surface area contributed by atoms with Crippen molar-refractivity contribution in [3.63, 3.8) is 0 Å². The third-order valence-electron chi connectivity index (χ3n) is 2.71. The zero-order chi connectivity index (χ0) is 12.7. The van der Waals surface area contributed by atoms with E-state index in [4.69, 9.17) is 14.6 Å². The summed E-state index contributed by atoms with van der Waals surface area (Å²) in [7, 11) is 5.27. The van der Waals surface area contributed by atoms with E-state index in [0.717, 1.165) is 24.5 Å². The zero-order valence-electron chi connectivity index (χ0n) is 10.8. The Labute approximate surface area is 103 Å². The highest BCUT2D eigenvalue weighted by Gasteiger charge is 2.05. The Morgan fingerprint density at radius 3 is 2.41 bits per heavy atom. The zero-order valence-corrected chi connectivity index (χ0v) is 10.8. The highest BCUT2D eigenvalue weighted by Crippen LogP contribution is 2.27. The molecular weight excluding hydrogens is 218 g/mol. The summed E-state index contributed by atoms with van der Waals surface area (Å²) in [6, 6.07) is 5.94. The molecule has 0 fully saturated rings. The second-order valence-corrected chi connectivity index (χ2v) is 3.97. The third-order valence-corrected chi connectivity index (χ3v) is 2.71. The first-order valence-electron chi connectivity index (χ1n) is 5.71. The van der Waals surface area contributed by atoms with Gasteiger partial charge in [-0.3, -0.25) is 0 Å². The molecule has 1 aromatic carbocycles. The van der Waals surface area contributed by atoms with Crippen molar-refractivity contribution in [1.82, 2.24) is 4.90 Å². The van der Waals surface area contributed by atoms with Crippen molar-refractivity contribution in [1.29, 1.82) is 0 Å². The van der Waals surface area contributed by atoms with Crippen molar-refractivity contribution in [2.45, 2.75) is 6.42 Å². The Balaban J connectivity index is 2.60. The second-order valence-electron chi connectivity index (χ2n) is 3.97. The summed E-state index contributed by atoms with van der Waals surface area (Å²) >= 11 is 0. The van der Waals surface area contributed by atoms with Crippen LogP contribution in [-0.2, 0) is 6.42 Å². The Kier molecular flexibility index (Phi) is 5.80. The van der Waals surface area contributed by atoms with Gasteiger partial charge in [0.15, 0.2) is 11.5 Å². The molecule has 1 aromatic rings. The number of benzene rings is 1. The minimum absolute atomic E-state index is 0.197. The summed E-state index contributed by atoms with van der Waals surface area (Å²) in [6.07, 6.45) is 0.927. The van der Waals surface area contributed by atoms with Crippen LogP contribution in [0.1, 0.15) is 5.56 Å². The fraction of sp³-hybridized carbons (Fsp3) is 0.538. The van der Waals surface area contributed by atoms with E-state index in [1.807, 2.05) is 25.2 Å². The van der Waals surface area contributed by atoms with Gasteiger partial charge in [0.05, 0.1) is 20.8 Å². The van der Waals surface area contributed by atoms with Gasteiger partial charge in [-0.15, -0.1) is 0 Å². The van der Waals surface area contributed by atoms with Gasteiger partial charge in [0.1, 0.15) is 0 Å². The van der Waals surface area contributed by atoms with Gasteiger partial charge < -0.3 is 19.5 Å². The molecule has 0 unspecified atom stereocenters. The minimum atomic E-state index is 0.197. The van der Waals surface area contributed by atoms with Gasteiger partial charge in [-0.25, -0.2) is 0 Å². The summed E-state index contributed by atoms with van der Waals surface area (Å²) in [4.78, 5) is 2.09. The van der Waals surface area contributed by atoms with Crippen LogP contribution < -0.4 is 9.47 Å². The van der Waals surface area contributed by atoms with Crippen molar-refractivity contribution in [2.75, 3.05) is 41.0 Å². The molecule has 0 aromatic heterocycles. The maximum atomic E-state index is 8.81. The topological polar surface area (TPSA) is 41.9 Å². The van der Waals surface area contributed by atoms with Crippen LogP contribution in [0.25, 0.3) is 0 Å². The van der Waals surface area contributed by atoms with E-state index in [-0.39, 0.29) is 6.61 Å². The highest BCUT2D eigenvalue weighted by atomic mass is 16.5. The number of nitrogens with zero attached hydrogens (tertiary/aromatic N) is 1. The molecular formula is C13H21NO3. The molecule has 0 radical (unpaired) electrons. The van der Waals surface area contributed by atoms with Crippen LogP contribution in [0.4, 0.5) is 0 Å². The molecule has 0 aliphatic heterocycles. The molecule has 0 spiro atoms. The lowest BCUT2D eigenvalue weighted by atomic mass is 10.1. The van der Waals surface area contributed by atoms with E-state index in [1.54, 1.807) is 14.2 Å². The summed E-state index contributed by atoms with van der Waals surface area (Å²) < 4.78 is 10.4. The first kappa shape index (κ1) is 13.8. The summed E-state index contributed by atoms with van der Waals surface area (Å²) in [6.45, 7) is 1.81. The largest absolute Gasteiger partial charge is 0.493 e. The van der Waals surface area contributed by atoms with E-state index in [0.29, 0.717) is 6.54 Å². The molecule has 0 saturated heterocycles. The van der Waals surface area contributed by atoms with E-state index in [1.165, 1.54) is 5.56 Å². The van der Waals surface area contributed by atoms with Crippen molar-refractivity contribution >= 4 is 0 Å². The molecule has 4 heteroatoms. The van der Waals surface area contributed by atoms with Gasteiger partial charge in [0.2, 0.25) is 0 Å². The Hall–Kier alpha value is -1.26. The van der Waals surface area contributed by atoms with Gasteiger partial charge in [0, 0.05) is 13.1 Å². The highest BCUT2D eigenvalue weighted by molar-refractivity contribution is 5.42. The number of hydrogen-bond acceptors (Lipinski definition) is 4. The SMILES string of the molecule is COc1ccc(CCN(C)CCO)cc1OC. The molecule has 0 heterocycles. The molecule has 0 bridgehead atoms. The van der Waals surface area contributed by atoms with Crippen LogP contribution >= 0.6 is 0 Å². The first-order chi connectivity index (χ1) is 8.21. The van der Waals surface area contributed by atoms with Crippen molar-refractivity contribution in [3.8, 4) is 11.5 Å². The number of hydrogen-bond donors (Lipinski definition) is 1. The average molecular weight is 239 g/mol. The molecule has 17 heavy (non-hydrogen) atoms. The van der Waals surface area contributed by atoms with Crippen molar-refractivity contribution in [3.05, 3.63) is 23.8 Å². The van der Waals surface area contributed by atoms with E-state index in [2.05, 4.69) is 4.90 Å². The Bertz CT molecular complexity index is 341. The predicted octanol–water partition coefficient (Wildman–Crippen LogP) is 1.17. The van der Waals surface area contributed by atoms with E-state index < -0.39 is 0 Å². The molecule has 0 aliphatic rings. The van der Waals surface area contributed by atoms with Crippen LogP contribution in [0.5, 0.6) is 11.5 Å². The number of aliphatic hydroxyl groups is 1. The molecule has 1 rings (SSSR count). The Morgan fingerprint density at radius 1 is 1.12 bits per heavy atom. The smallest absolute Gasteiger partial charge is 0.160 e. The fourth-order valence-electron chi connectivity index (χ4n) is 1.64. The van der Waals surface area contributed by atoms with Crippen LogP contribution in [-0.4, -0.2) is 51.0 Å². The van der Waals surface area contributed by atoms with Gasteiger partial charge in [0.25, 0.3) is 0 Å². The normalized spacial score (nSPS) is 10.6. The number of aliphatic hydroxyl groups excluding tert-OH is 1. The summed E-state index contributed by atoms with van der Waals surface area (Å²) in [5.41, 5.74) is 1.20. The van der Waals surface area contributed by atoms with Gasteiger partial charge in [-0.1, -0.05) is 6.07 Å². The quantitative estimate of drug-likeness (QED) is 0.775. The molecule has 96 valence electrons. The third kappa shape index (κ3) is 4.24. The lowest BCUT2D eigenvalue weighted by molar-refractivity contribution is 0.223. The van der Waals surface area contributed by atoms with Crippen molar-refractivity contribution in [2.24, 2.45) is 0 Å². The summed E-state index contributed by atoms with van der Waals surface area (Å²) in [5, 5.41) is 8.81. The second kappa shape index (κ2) is 7.14. The summed E-state index contributed by atoms with van der Waals surface area (Å²) in [5.74, 6) is 1.51. The van der Waals surface area contributed by atoms with E-state index in [9.17, 15) is 0 Å². The lowest BCUT2D eigenvalue weighted by Crippen LogP contribution is -2.24. The van der Waals surface area contributed by atoms with Crippen LogP contribution in [0, 0.1) is 0 Å². The number of methoxy groups -OCH3 is 2. The standard InChI is InChI=1S/C13H21NO3/c1-14(8-9-15)7-6-11-4-5-12(16-2)13(10-11)17-3/h4-5,10,15H,6-9H2,1-3H3. The van der Waals surface area contributed by atoms with Crippen molar-refractivity contribution < 1.29 is 14.6 Å². The van der Waals surface area contributed by atoms with Gasteiger partial charge in [-0.2, -0.15) is 0 Å². The number of ether oxygens (including phenoxy) is 2. The Morgan fingerprint density at radius 2 is 1.82 bits per heavy atom. The van der Waals surface area contributed by atoms with Gasteiger partial charge in [-0.05, 0) is 31.2 Å². The molecule has 4 nitrogen and oxygen atoms in total. The average Bonchev–Trinajstić information content (AvgIpc) is 2.36. The first-order valence-corrected chi connectivity index (χ1v) is 5.71. The minimum Gasteiger partial charge on any atom is -0.493 e. The number of rotatable bonds is 7. The van der Waals surface area contributed by atoms with Crippen LogP contribution in [0.15, 0.2) is 18.2 Å². The van der Waals surface area contributed by atoms with Crippen LogP contribution in [0.2, 0.25) is 0 Å². The monoisotopic (exact) mass is 239 g/mol. The fourth-order valence-corrected chi connectivity index (χ4v) is 1.64. The van der Waals surface area contributed by atoms with E-state index >= 15 is 0 Å². The number of likely N-dealkylation sites (N-methyl/N-ethyl adjacent to an activating group) is 1. The molecule has 1 N–H and O–H groups in total. The molecule has 0 amide bonds. The van der Waals surface area contributed by atoms with Gasteiger partial charge >= 0.3 is 0 Å². The molecule has 0 saturated carbocycles. The predicted molar refractivity (Wildman–Crippen MR) is 67.8 cm³/mol. The lowest BCUT2D eigenvalue weighted by Gasteiger charge is -2.15. The maximum absolute atomic E-state index is 8.81. The molecule has 0 atom stereocenters. The van der Waals surface area contributed by atoms with Crippen LogP contribution in [0.3, 0.4) is 0 Å². The maximum Gasteiger partial charge on any atom is 0.160 e.